The van der Waals surface area contributed by atoms with Crippen molar-refractivity contribution < 1.29 is 27.4 Å². The first-order valence-corrected chi connectivity index (χ1v) is 6.96. The summed E-state index contributed by atoms with van der Waals surface area (Å²) >= 11 is 0. The quantitative estimate of drug-likeness (QED) is 0.455. The summed E-state index contributed by atoms with van der Waals surface area (Å²) in [5.74, 6) is -0.725. The molecule has 0 amide bonds. The van der Waals surface area contributed by atoms with Gasteiger partial charge in [-0.2, -0.15) is 8.42 Å². The van der Waals surface area contributed by atoms with Crippen LogP contribution in [0.1, 0.15) is 25.5 Å². The highest BCUT2D eigenvalue weighted by Crippen LogP contribution is 2.29. The maximum atomic E-state index is 10.8. The van der Waals surface area contributed by atoms with Crippen LogP contribution in [0.4, 0.5) is 0 Å². The van der Waals surface area contributed by atoms with Crippen molar-refractivity contribution in [2.45, 2.75) is 26.0 Å². The normalized spacial score (nSPS) is 13.7. The van der Waals surface area contributed by atoms with E-state index in [-0.39, 0.29) is 18.3 Å². The third-order valence-electron chi connectivity index (χ3n) is 2.32. The molecule has 4 N–H and O–H groups in total. The van der Waals surface area contributed by atoms with Crippen molar-refractivity contribution in [2.75, 3.05) is 6.54 Å². The first kappa shape index (κ1) is 15.7. The summed E-state index contributed by atoms with van der Waals surface area (Å²) in [6, 6.07) is 3.86. The molecule has 1 aromatic rings. The zero-order chi connectivity index (χ0) is 14.6. The number of nitrogens with one attached hydrogen (secondary N) is 1. The maximum absolute atomic E-state index is 10.8. The molecule has 0 aliphatic carbocycles. The summed E-state index contributed by atoms with van der Waals surface area (Å²) < 4.78 is 34.9. The van der Waals surface area contributed by atoms with E-state index < -0.39 is 22.3 Å². The highest BCUT2D eigenvalue weighted by atomic mass is 32.3. The van der Waals surface area contributed by atoms with Gasteiger partial charge in [-0.1, -0.05) is 19.9 Å². The molecule has 1 atom stereocenters. The topological polar surface area (TPSA) is 116 Å². The monoisotopic (exact) mass is 291 g/mol. The van der Waals surface area contributed by atoms with Gasteiger partial charge in [-0.3, -0.25) is 4.55 Å². The number of benzene rings is 1. The lowest BCUT2D eigenvalue weighted by molar-refractivity contribution is 0.178. The lowest BCUT2D eigenvalue weighted by atomic mass is 10.1. The molecule has 1 rings (SSSR count). The highest BCUT2D eigenvalue weighted by molar-refractivity contribution is 7.80. The Balaban J connectivity index is 2.97. The molecule has 0 saturated heterocycles. The second-order valence-electron chi connectivity index (χ2n) is 4.32. The van der Waals surface area contributed by atoms with Crippen LogP contribution in [0.15, 0.2) is 18.2 Å². The van der Waals surface area contributed by atoms with Gasteiger partial charge in [0.15, 0.2) is 11.5 Å². The fraction of sp³-hybridized carbons (Fsp3) is 0.455. The first-order valence-electron chi connectivity index (χ1n) is 5.60. The van der Waals surface area contributed by atoms with Crippen LogP contribution in [-0.4, -0.2) is 35.8 Å². The SMILES string of the molecule is CC(C)NCC(OS(=O)(=O)O)c1ccc(O)c(O)c1. The lowest BCUT2D eigenvalue weighted by Gasteiger charge is -2.18. The summed E-state index contributed by atoms with van der Waals surface area (Å²) in [5, 5.41) is 21.5. The van der Waals surface area contributed by atoms with Gasteiger partial charge in [0.1, 0.15) is 6.10 Å². The Kier molecular flexibility index (Phi) is 5.12. The zero-order valence-corrected chi connectivity index (χ0v) is 11.4. The third-order valence-corrected chi connectivity index (χ3v) is 2.80. The number of phenols is 2. The average Bonchev–Trinajstić information content (AvgIpc) is 2.26. The van der Waals surface area contributed by atoms with Gasteiger partial charge in [0.2, 0.25) is 0 Å². The Morgan fingerprint density at radius 3 is 2.37 bits per heavy atom. The second-order valence-corrected chi connectivity index (χ2v) is 5.37. The predicted molar refractivity (Wildman–Crippen MR) is 68.3 cm³/mol. The fourth-order valence-corrected chi connectivity index (χ4v) is 1.91. The minimum Gasteiger partial charge on any atom is -0.504 e. The molecule has 0 heterocycles. The van der Waals surface area contributed by atoms with Crippen molar-refractivity contribution >= 4 is 10.4 Å². The van der Waals surface area contributed by atoms with E-state index in [4.69, 9.17) is 4.55 Å². The van der Waals surface area contributed by atoms with Crippen molar-refractivity contribution in [1.29, 1.82) is 0 Å². The van der Waals surface area contributed by atoms with Gasteiger partial charge in [-0.15, -0.1) is 0 Å². The van der Waals surface area contributed by atoms with Crippen molar-refractivity contribution in [1.82, 2.24) is 5.32 Å². The van der Waals surface area contributed by atoms with Crippen LogP contribution in [0.5, 0.6) is 11.5 Å². The summed E-state index contributed by atoms with van der Waals surface area (Å²) in [4.78, 5) is 0. The predicted octanol–water partition coefficient (Wildman–Crippen LogP) is 0.956. The number of phenolic OH excluding ortho intramolecular Hbond substituents is 2. The van der Waals surface area contributed by atoms with E-state index in [0.29, 0.717) is 5.56 Å². The Morgan fingerprint density at radius 2 is 1.89 bits per heavy atom. The zero-order valence-electron chi connectivity index (χ0n) is 10.6. The van der Waals surface area contributed by atoms with Crippen molar-refractivity contribution in [3.63, 3.8) is 0 Å². The second kappa shape index (κ2) is 6.20. The van der Waals surface area contributed by atoms with Gasteiger partial charge in [0, 0.05) is 12.6 Å². The Hall–Kier alpha value is -1.35. The van der Waals surface area contributed by atoms with Gasteiger partial charge < -0.3 is 15.5 Å². The molecule has 7 nitrogen and oxygen atoms in total. The number of rotatable bonds is 6. The molecule has 0 aromatic heterocycles. The number of aromatic hydroxyl groups is 2. The van der Waals surface area contributed by atoms with Crippen LogP contribution >= 0.6 is 0 Å². The smallest absolute Gasteiger partial charge is 0.397 e. The molecule has 0 aliphatic heterocycles. The van der Waals surface area contributed by atoms with Crippen LogP contribution in [0.3, 0.4) is 0 Å². The molecule has 19 heavy (non-hydrogen) atoms. The molecule has 0 spiro atoms. The van der Waals surface area contributed by atoms with Crippen LogP contribution in [-0.2, 0) is 14.6 Å². The largest absolute Gasteiger partial charge is 0.504 e. The van der Waals surface area contributed by atoms with E-state index >= 15 is 0 Å². The molecular formula is C11H17NO6S. The van der Waals surface area contributed by atoms with Gasteiger partial charge in [-0.05, 0) is 17.7 Å². The first-order chi connectivity index (χ1) is 8.69. The van der Waals surface area contributed by atoms with E-state index in [2.05, 4.69) is 9.50 Å². The Morgan fingerprint density at radius 1 is 1.26 bits per heavy atom. The van der Waals surface area contributed by atoms with Crippen molar-refractivity contribution in [2.24, 2.45) is 0 Å². The molecule has 0 radical (unpaired) electrons. The standard InChI is InChI=1S/C11H17NO6S/c1-7(2)12-6-11(18-19(15,16)17)8-3-4-9(13)10(14)5-8/h3-5,7,11-14H,6H2,1-2H3,(H,15,16,17). The summed E-state index contributed by atoms with van der Waals surface area (Å²) in [6.07, 6.45) is -1.01. The van der Waals surface area contributed by atoms with Crippen molar-refractivity contribution in [3.05, 3.63) is 23.8 Å². The molecule has 108 valence electrons. The van der Waals surface area contributed by atoms with Crippen LogP contribution in [0.25, 0.3) is 0 Å². The van der Waals surface area contributed by atoms with Gasteiger partial charge in [-0.25, -0.2) is 4.18 Å². The van der Waals surface area contributed by atoms with Crippen LogP contribution in [0.2, 0.25) is 0 Å². The van der Waals surface area contributed by atoms with E-state index in [1.54, 1.807) is 0 Å². The number of hydrogen-bond acceptors (Lipinski definition) is 6. The van der Waals surface area contributed by atoms with Crippen LogP contribution in [0, 0.1) is 0 Å². The van der Waals surface area contributed by atoms with E-state index in [1.165, 1.54) is 18.2 Å². The van der Waals surface area contributed by atoms with E-state index in [0.717, 1.165) is 0 Å². The van der Waals surface area contributed by atoms with E-state index in [9.17, 15) is 18.6 Å². The summed E-state index contributed by atoms with van der Waals surface area (Å²) in [5.41, 5.74) is 0.307. The van der Waals surface area contributed by atoms with Crippen molar-refractivity contribution in [3.8, 4) is 11.5 Å². The molecule has 0 aliphatic rings. The molecular weight excluding hydrogens is 274 g/mol. The average molecular weight is 291 g/mol. The molecule has 0 fully saturated rings. The fourth-order valence-electron chi connectivity index (χ4n) is 1.44. The van der Waals surface area contributed by atoms with E-state index in [1.807, 2.05) is 13.8 Å². The van der Waals surface area contributed by atoms with Gasteiger partial charge in [0.25, 0.3) is 0 Å². The Bertz CT molecular complexity index is 528. The number of hydrogen-bond donors (Lipinski definition) is 4. The summed E-state index contributed by atoms with van der Waals surface area (Å²) in [6.45, 7) is 3.83. The summed E-state index contributed by atoms with van der Waals surface area (Å²) in [7, 11) is -4.63. The minimum atomic E-state index is -4.63. The van der Waals surface area contributed by atoms with Crippen LogP contribution < -0.4 is 5.32 Å². The van der Waals surface area contributed by atoms with Gasteiger partial charge in [0.05, 0.1) is 0 Å². The maximum Gasteiger partial charge on any atom is 0.397 e. The minimum absolute atomic E-state index is 0.0817. The molecule has 0 bridgehead atoms. The third kappa shape index (κ3) is 5.43. The molecule has 0 saturated carbocycles. The Labute approximate surface area is 111 Å². The lowest BCUT2D eigenvalue weighted by Crippen LogP contribution is -2.30. The molecule has 8 heteroatoms. The molecule has 1 aromatic carbocycles. The highest BCUT2D eigenvalue weighted by Gasteiger charge is 2.20. The molecule has 1 unspecified atom stereocenters. The van der Waals surface area contributed by atoms with Gasteiger partial charge >= 0.3 is 10.4 Å².